The molecular formula is C44H45ClN6O6. The van der Waals surface area contributed by atoms with Crippen molar-refractivity contribution >= 4 is 52.3 Å². The van der Waals surface area contributed by atoms with Crippen LogP contribution in [0.2, 0.25) is 5.02 Å². The van der Waals surface area contributed by atoms with Gasteiger partial charge in [0.2, 0.25) is 11.8 Å². The number of ether oxygens (including phenoxy) is 1. The fourth-order valence-electron chi connectivity index (χ4n) is 10.2. The topological polar surface area (TPSA) is 143 Å². The molecule has 4 unspecified atom stereocenters. The van der Waals surface area contributed by atoms with E-state index in [2.05, 4.69) is 43.1 Å². The van der Waals surface area contributed by atoms with E-state index in [1.807, 2.05) is 24.3 Å². The van der Waals surface area contributed by atoms with E-state index in [9.17, 15) is 29.2 Å². The second-order valence-corrected chi connectivity index (χ2v) is 16.8. The van der Waals surface area contributed by atoms with Crippen LogP contribution in [0, 0.1) is 23.2 Å². The molecule has 13 heteroatoms. The summed E-state index contributed by atoms with van der Waals surface area (Å²) >= 11 is 6.22. The molecule has 3 aromatic rings. The summed E-state index contributed by atoms with van der Waals surface area (Å²) in [6.45, 7) is 5.41. The molecule has 9 rings (SSSR count). The predicted molar refractivity (Wildman–Crippen MR) is 213 cm³/mol. The molecule has 3 amide bonds. The maximum atomic E-state index is 13.8. The number of benzene rings is 3. The fourth-order valence-corrected chi connectivity index (χ4v) is 10.4. The lowest BCUT2D eigenvalue weighted by molar-refractivity contribution is -0.137. The van der Waals surface area contributed by atoms with Crippen molar-refractivity contribution in [2.75, 3.05) is 49.1 Å². The van der Waals surface area contributed by atoms with E-state index < -0.39 is 17.7 Å². The first kappa shape index (κ1) is 37.3. The van der Waals surface area contributed by atoms with Crippen LogP contribution in [-0.2, 0) is 9.59 Å². The van der Waals surface area contributed by atoms with Crippen molar-refractivity contribution < 1.29 is 28.7 Å². The average molecular weight is 789 g/mol. The quantitative estimate of drug-likeness (QED) is 0.249. The number of Topliss-reactive ketones (excluding diaryl/α,β-unsaturated/α-hetero) is 2. The molecule has 1 N–H and O–H groups in total. The molecule has 0 saturated carbocycles. The minimum Gasteiger partial charge on any atom is -0.490 e. The molecule has 0 spiro atoms. The standard InChI is InChI=1S/C44H45ClN6O6/c45-38-24-33(9-3-27(38)25-46)57-34-21-31-6-7-32(22-34)51(31)44(56)26-1-4-28(5-2-26)49-17-19-50(20-18-49)29-13-15-48(16-14-29)30-8-10-35-37(23-30)42(54)40(41(35)53)36-11-12-39(52)47-43(36)55/h1-5,8-10,23-24,29,31-32,34,36,40H,6-7,11-22H2,(H,47,52,55). The summed E-state index contributed by atoms with van der Waals surface area (Å²) in [5, 5.41) is 11.8. The summed E-state index contributed by atoms with van der Waals surface area (Å²) in [7, 11) is 0. The Bertz CT molecular complexity index is 2160. The number of hydrogen-bond acceptors (Lipinski definition) is 10. The van der Waals surface area contributed by atoms with E-state index in [-0.39, 0.29) is 54.4 Å². The number of nitrogens with zero attached hydrogens (tertiary/aromatic N) is 5. The molecule has 0 aromatic heterocycles. The Morgan fingerprint density at radius 2 is 1.40 bits per heavy atom. The molecule has 1 aliphatic carbocycles. The third-order valence-corrected chi connectivity index (χ3v) is 13.5. The Hall–Kier alpha value is -5.25. The summed E-state index contributed by atoms with van der Waals surface area (Å²) in [6.07, 6.45) is 5.81. The molecule has 5 saturated heterocycles. The molecule has 6 aliphatic rings. The van der Waals surface area contributed by atoms with Crippen LogP contribution in [0.3, 0.4) is 0 Å². The van der Waals surface area contributed by atoms with Gasteiger partial charge in [-0.1, -0.05) is 11.6 Å². The number of halogens is 1. The van der Waals surface area contributed by atoms with Crippen molar-refractivity contribution in [3.63, 3.8) is 0 Å². The zero-order valence-corrected chi connectivity index (χ0v) is 32.5. The van der Waals surface area contributed by atoms with E-state index in [0.717, 1.165) is 89.2 Å². The number of nitrogens with one attached hydrogen (secondary N) is 1. The van der Waals surface area contributed by atoms with Gasteiger partial charge in [0.25, 0.3) is 5.91 Å². The maximum Gasteiger partial charge on any atom is 0.254 e. The van der Waals surface area contributed by atoms with Crippen LogP contribution >= 0.6 is 11.6 Å². The second-order valence-electron chi connectivity index (χ2n) is 16.3. The number of rotatable bonds is 7. The molecule has 12 nitrogen and oxygen atoms in total. The van der Waals surface area contributed by atoms with Gasteiger partial charge in [-0.2, -0.15) is 5.26 Å². The third kappa shape index (κ3) is 7.06. The van der Waals surface area contributed by atoms with Crippen molar-refractivity contribution in [2.45, 2.75) is 75.6 Å². The van der Waals surface area contributed by atoms with Gasteiger partial charge in [-0.25, -0.2) is 0 Å². The van der Waals surface area contributed by atoms with Gasteiger partial charge in [0.15, 0.2) is 11.6 Å². The summed E-state index contributed by atoms with van der Waals surface area (Å²) < 4.78 is 6.27. The van der Waals surface area contributed by atoms with Gasteiger partial charge < -0.3 is 19.4 Å². The van der Waals surface area contributed by atoms with Crippen LogP contribution in [0.5, 0.6) is 5.75 Å². The van der Waals surface area contributed by atoms with Crippen LogP contribution in [0.4, 0.5) is 11.4 Å². The molecule has 294 valence electrons. The van der Waals surface area contributed by atoms with Gasteiger partial charge in [-0.05, 0) is 86.7 Å². The highest BCUT2D eigenvalue weighted by Crippen LogP contribution is 2.40. The first-order valence-corrected chi connectivity index (χ1v) is 20.6. The number of hydrogen-bond donors (Lipinski definition) is 1. The van der Waals surface area contributed by atoms with E-state index in [1.165, 1.54) is 0 Å². The minimum absolute atomic E-state index is 0.00279. The van der Waals surface area contributed by atoms with Crippen LogP contribution in [-0.4, -0.2) is 103 Å². The number of piperidine rings is 3. The molecule has 5 fully saturated rings. The van der Waals surface area contributed by atoms with Crippen molar-refractivity contribution in [1.29, 1.82) is 5.26 Å². The van der Waals surface area contributed by atoms with Crippen molar-refractivity contribution in [1.82, 2.24) is 15.1 Å². The number of piperazine rings is 1. The molecule has 57 heavy (non-hydrogen) atoms. The van der Waals surface area contributed by atoms with Crippen LogP contribution in [0.1, 0.15) is 88.0 Å². The lowest BCUT2D eigenvalue weighted by Crippen LogP contribution is -2.53. The highest BCUT2D eigenvalue weighted by Gasteiger charge is 2.48. The van der Waals surface area contributed by atoms with Crippen molar-refractivity contribution in [3.8, 4) is 11.8 Å². The Kier molecular flexibility index (Phi) is 9.99. The van der Waals surface area contributed by atoms with Gasteiger partial charge in [-0.3, -0.25) is 34.2 Å². The fraction of sp³-hybridized carbons (Fsp3) is 0.455. The van der Waals surface area contributed by atoms with E-state index in [0.29, 0.717) is 39.1 Å². The lowest BCUT2D eigenvalue weighted by atomic mass is 9.82. The Morgan fingerprint density at radius 1 is 0.737 bits per heavy atom. The number of amides is 3. The second kappa shape index (κ2) is 15.3. The number of fused-ring (bicyclic) bond motifs is 3. The van der Waals surface area contributed by atoms with Gasteiger partial charge in [0.05, 0.1) is 22.4 Å². The van der Waals surface area contributed by atoms with Crippen molar-refractivity contribution in [2.24, 2.45) is 11.8 Å². The van der Waals surface area contributed by atoms with Gasteiger partial charge in [0, 0.05) is 111 Å². The highest BCUT2D eigenvalue weighted by atomic mass is 35.5. The molecule has 4 atom stereocenters. The molecular weight excluding hydrogens is 744 g/mol. The largest absolute Gasteiger partial charge is 0.490 e. The molecule has 3 aromatic carbocycles. The van der Waals surface area contributed by atoms with Gasteiger partial charge in [-0.15, -0.1) is 0 Å². The summed E-state index contributed by atoms with van der Waals surface area (Å²) in [5.74, 6) is -2.66. The zero-order valence-electron chi connectivity index (χ0n) is 31.7. The molecule has 5 aliphatic heterocycles. The van der Waals surface area contributed by atoms with E-state index in [4.69, 9.17) is 16.3 Å². The van der Waals surface area contributed by atoms with Crippen LogP contribution in [0.15, 0.2) is 60.7 Å². The number of anilines is 2. The van der Waals surface area contributed by atoms with E-state index in [1.54, 1.807) is 24.3 Å². The SMILES string of the molecule is N#Cc1ccc(OC2CC3CCC(C2)N3C(=O)c2ccc(N3CCN(C4CCN(c5ccc6c(c5)C(=O)C(C5CCC(=O)NC5=O)C6=O)CC4)CC3)cc2)cc1Cl. The average Bonchev–Trinajstić information content (AvgIpc) is 3.64. The van der Waals surface area contributed by atoms with Crippen molar-refractivity contribution in [3.05, 3.63) is 87.9 Å². The normalized spacial score (nSPS) is 26.7. The first-order valence-electron chi connectivity index (χ1n) is 20.2. The van der Waals surface area contributed by atoms with Crippen LogP contribution in [0.25, 0.3) is 0 Å². The zero-order chi connectivity index (χ0) is 39.4. The Labute approximate surface area is 336 Å². The Morgan fingerprint density at radius 3 is 2.07 bits per heavy atom. The summed E-state index contributed by atoms with van der Waals surface area (Å²) in [6, 6.07) is 21.5. The predicted octanol–water partition coefficient (Wildman–Crippen LogP) is 5.27. The molecule has 5 heterocycles. The molecule has 0 radical (unpaired) electrons. The summed E-state index contributed by atoms with van der Waals surface area (Å²) in [4.78, 5) is 73.9. The van der Waals surface area contributed by atoms with E-state index >= 15 is 0 Å². The minimum atomic E-state index is -1.05. The number of imide groups is 1. The van der Waals surface area contributed by atoms with Gasteiger partial charge in [0.1, 0.15) is 17.9 Å². The monoisotopic (exact) mass is 788 g/mol. The maximum absolute atomic E-state index is 13.8. The lowest BCUT2D eigenvalue weighted by Gasteiger charge is -2.44. The number of ketones is 2. The highest BCUT2D eigenvalue weighted by molar-refractivity contribution is 6.32. The number of carbonyl (C=O) groups is 5. The number of nitriles is 1. The number of carbonyl (C=O) groups excluding carboxylic acids is 5. The summed E-state index contributed by atoms with van der Waals surface area (Å²) in [5.41, 5.74) is 3.94. The first-order chi connectivity index (χ1) is 27.6. The van der Waals surface area contributed by atoms with Crippen LogP contribution < -0.4 is 19.9 Å². The van der Waals surface area contributed by atoms with Gasteiger partial charge >= 0.3 is 0 Å². The smallest absolute Gasteiger partial charge is 0.254 e. The molecule has 2 bridgehead atoms. The Balaban J connectivity index is 0.750. The third-order valence-electron chi connectivity index (χ3n) is 13.2.